The number of amides is 1. The Labute approximate surface area is 114 Å². The summed E-state index contributed by atoms with van der Waals surface area (Å²) in [5, 5.41) is 9.61. The maximum Gasteiger partial charge on any atom is 0.410 e. The molecule has 1 aliphatic heterocycles. The Kier molecular flexibility index (Phi) is 4.80. The van der Waals surface area contributed by atoms with E-state index in [0.717, 1.165) is 24.9 Å². The molecule has 2 unspecified atom stereocenters. The topological polar surface area (TPSA) is 49.8 Å². The Morgan fingerprint density at radius 3 is 2.89 bits per heavy atom. The van der Waals surface area contributed by atoms with Crippen molar-refractivity contribution >= 4 is 6.09 Å². The fourth-order valence-electron chi connectivity index (χ4n) is 2.38. The molecule has 0 aliphatic carbocycles. The van der Waals surface area contributed by atoms with Crippen LogP contribution in [0.4, 0.5) is 4.79 Å². The molecule has 4 heteroatoms. The third-order valence-electron chi connectivity index (χ3n) is 3.60. The summed E-state index contributed by atoms with van der Waals surface area (Å²) in [6.07, 6.45) is 1.25. The Balaban J connectivity index is 1.83. The van der Waals surface area contributed by atoms with E-state index >= 15 is 0 Å². The van der Waals surface area contributed by atoms with Gasteiger partial charge < -0.3 is 14.7 Å². The van der Waals surface area contributed by atoms with Gasteiger partial charge in [-0.2, -0.15) is 0 Å². The van der Waals surface area contributed by atoms with Gasteiger partial charge in [0.15, 0.2) is 0 Å². The number of hydrogen-bond acceptors (Lipinski definition) is 3. The van der Waals surface area contributed by atoms with Crippen molar-refractivity contribution in [3.8, 4) is 0 Å². The third kappa shape index (κ3) is 3.96. The predicted octanol–water partition coefficient (Wildman–Crippen LogP) is 2.42. The zero-order valence-electron chi connectivity index (χ0n) is 11.3. The van der Waals surface area contributed by atoms with E-state index < -0.39 is 0 Å². The smallest absolute Gasteiger partial charge is 0.410 e. The van der Waals surface area contributed by atoms with E-state index in [9.17, 15) is 9.90 Å². The number of piperidine rings is 1. The van der Waals surface area contributed by atoms with Crippen LogP contribution in [0.25, 0.3) is 0 Å². The van der Waals surface area contributed by atoms with Crippen molar-refractivity contribution in [3.63, 3.8) is 0 Å². The first-order chi connectivity index (χ1) is 9.16. The molecule has 1 aromatic rings. The molecule has 1 heterocycles. The molecule has 104 valence electrons. The minimum Gasteiger partial charge on any atom is -0.445 e. The van der Waals surface area contributed by atoms with Crippen molar-refractivity contribution in [1.82, 2.24) is 4.90 Å². The van der Waals surface area contributed by atoms with Gasteiger partial charge in [0.05, 0.1) is 6.10 Å². The number of nitrogens with zero attached hydrogens (tertiary/aromatic N) is 1. The highest BCUT2D eigenvalue weighted by Crippen LogP contribution is 2.20. The number of hydrogen-bond donors (Lipinski definition) is 1. The van der Waals surface area contributed by atoms with E-state index in [-0.39, 0.29) is 18.1 Å². The van der Waals surface area contributed by atoms with Gasteiger partial charge in [0.25, 0.3) is 0 Å². The molecule has 1 aliphatic rings. The van der Waals surface area contributed by atoms with Crippen LogP contribution >= 0.6 is 0 Å². The maximum absolute atomic E-state index is 12.0. The Bertz CT molecular complexity index is 405. The first-order valence-electron chi connectivity index (χ1n) is 6.80. The molecule has 0 radical (unpaired) electrons. The number of carbonyl (C=O) groups is 1. The number of carbonyl (C=O) groups excluding carboxylic acids is 1. The second-order valence-electron chi connectivity index (χ2n) is 5.13. The summed E-state index contributed by atoms with van der Waals surface area (Å²) in [6.45, 7) is 3.39. The van der Waals surface area contributed by atoms with Gasteiger partial charge >= 0.3 is 6.09 Å². The molecule has 0 spiro atoms. The van der Waals surface area contributed by atoms with E-state index in [2.05, 4.69) is 0 Å². The van der Waals surface area contributed by atoms with Gasteiger partial charge in [-0.3, -0.25) is 0 Å². The average Bonchev–Trinajstić information content (AvgIpc) is 2.46. The van der Waals surface area contributed by atoms with Gasteiger partial charge in [0, 0.05) is 19.0 Å². The molecule has 0 aromatic heterocycles. The zero-order chi connectivity index (χ0) is 13.7. The van der Waals surface area contributed by atoms with Crippen LogP contribution in [-0.4, -0.2) is 35.3 Å². The molecule has 1 N–H and O–H groups in total. The molecule has 1 aromatic carbocycles. The van der Waals surface area contributed by atoms with Crippen LogP contribution in [0.3, 0.4) is 0 Å². The van der Waals surface area contributed by atoms with E-state index in [4.69, 9.17) is 4.74 Å². The normalized spacial score (nSPS) is 20.9. The van der Waals surface area contributed by atoms with Crippen LogP contribution in [0.5, 0.6) is 0 Å². The van der Waals surface area contributed by atoms with Crippen molar-refractivity contribution in [3.05, 3.63) is 35.9 Å². The van der Waals surface area contributed by atoms with Gasteiger partial charge in [-0.05, 0) is 25.3 Å². The van der Waals surface area contributed by atoms with Gasteiger partial charge in [-0.15, -0.1) is 0 Å². The standard InChI is InChI=1S/C15H21NO3/c1-12(17)14-8-5-9-16(10-14)15(18)19-11-13-6-3-2-4-7-13/h2-4,6-7,12,14,17H,5,8-11H2,1H3. The molecule has 0 saturated carbocycles. The Morgan fingerprint density at radius 1 is 1.47 bits per heavy atom. The molecule has 19 heavy (non-hydrogen) atoms. The fourth-order valence-corrected chi connectivity index (χ4v) is 2.38. The van der Waals surface area contributed by atoms with Crippen molar-refractivity contribution in [2.24, 2.45) is 5.92 Å². The maximum atomic E-state index is 12.0. The Hall–Kier alpha value is -1.55. The molecular weight excluding hydrogens is 242 g/mol. The van der Waals surface area contributed by atoms with Crippen LogP contribution in [0.2, 0.25) is 0 Å². The van der Waals surface area contributed by atoms with Gasteiger partial charge in [-0.25, -0.2) is 4.79 Å². The summed E-state index contributed by atoms with van der Waals surface area (Å²) in [7, 11) is 0. The Morgan fingerprint density at radius 2 is 2.21 bits per heavy atom. The summed E-state index contributed by atoms with van der Waals surface area (Å²) < 4.78 is 5.30. The van der Waals surface area contributed by atoms with E-state index in [0.29, 0.717) is 13.2 Å². The SMILES string of the molecule is CC(O)C1CCCN(C(=O)OCc2ccccc2)C1. The first-order valence-corrected chi connectivity index (χ1v) is 6.80. The fraction of sp³-hybridized carbons (Fsp3) is 0.533. The highest BCUT2D eigenvalue weighted by atomic mass is 16.6. The number of aliphatic hydroxyl groups excluding tert-OH is 1. The van der Waals surface area contributed by atoms with Crippen molar-refractivity contribution in [1.29, 1.82) is 0 Å². The second kappa shape index (κ2) is 6.57. The largest absolute Gasteiger partial charge is 0.445 e. The van der Waals surface area contributed by atoms with E-state index in [1.807, 2.05) is 30.3 Å². The third-order valence-corrected chi connectivity index (χ3v) is 3.60. The monoisotopic (exact) mass is 263 g/mol. The van der Waals surface area contributed by atoms with Crippen LogP contribution in [0.1, 0.15) is 25.3 Å². The quantitative estimate of drug-likeness (QED) is 0.911. The highest BCUT2D eigenvalue weighted by Gasteiger charge is 2.27. The predicted molar refractivity (Wildman–Crippen MR) is 72.6 cm³/mol. The number of likely N-dealkylation sites (tertiary alicyclic amines) is 1. The van der Waals surface area contributed by atoms with E-state index in [1.165, 1.54) is 0 Å². The van der Waals surface area contributed by atoms with Crippen LogP contribution in [0.15, 0.2) is 30.3 Å². The van der Waals surface area contributed by atoms with Crippen LogP contribution < -0.4 is 0 Å². The van der Waals surface area contributed by atoms with Crippen molar-refractivity contribution in [2.45, 2.75) is 32.5 Å². The minimum atomic E-state index is -0.371. The zero-order valence-corrected chi connectivity index (χ0v) is 11.3. The van der Waals surface area contributed by atoms with Crippen LogP contribution in [-0.2, 0) is 11.3 Å². The van der Waals surface area contributed by atoms with Crippen molar-refractivity contribution < 1.29 is 14.6 Å². The molecule has 1 amide bonds. The summed E-state index contributed by atoms with van der Waals surface area (Å²) in [6, 6.07) is 9.65. The van der Waals surface area contributed by atoms with Gasteiger partial charge in [-0.1, -0.05) is 30.3 Å². The lowest BCUT2D eigenvalue weighted by atomic mass is 9.94. The summed E-state index contributed by atoms with van der Waals surface area (Å²) >= 11 is 0. The number of ether oxygens (including phenoxy) is 1. The lowest BCUT2D eigenvalue weighted by molar-refractivity contribution is 0.0450. The lowest BCUT2D eigenvalue weighted by Crippen LogP contribution is -2.43. The molecule has 0 bridgehead atoms. The van der Waals surface area contributed by atoms with Gasteiger partial charge in [0.2, 0.25) is 0 Å². The average molecular weight is 263 g/mol. The van der Waals surface area contributed by atoms with Crippen LogP contribution in [0, 0.1) is 5.92 Å². The highest BCUT2D eigenvalue weighted by molar-refractivity contribution is 5.67. The minimum absolute atomic E-state index is 0.165. The summed E-state index contributed by atoms with van der Waals surface area (Å²) in [5.41, 5.74) is 0.986. The summed E-state index contributed by atoms with van der Waals surface area (Å²) in [5.74, 6) is 0.165. The van der Waals surface area contributed by atoms with E-state index in [1.54, 1.807) is 11.8 Å². The molecule has 1 saturated heterocycles. The summed E-state index contributed by atoms with van der Waals surface area (Å²) in [4.78, 5) is 13.7. The first kappa shape index (κ1) is 13.9. The lowest BCUT2D eigenvalue weighted by Gasteiger charge is -2.33. The van der Waals surface area contributed by atoms with Crippen molar-refractivity contribution in [2.75, 3.05) is 13.1 Å². The molecule has 1 fully saturated rings. The second-order valence-corrected chi connectivity index (χ2v) is 5.13. The molecule has 4 nitrogen and oxygen atoms in total. The number of aliphatic hydroxyl groups is 1. The molecular formula is C15H21NO3. The number of rotatable bonds is 3. The number of benzene rings is 1. The van der Waals surface area contributed by atoms with Gasteiger partial charge in [0.1, 0.15) is 6.61 Å². The molecule has 2 atom stereocenters. The molecule has 2 rings (SSSR count).